The van der Waals surface area contributed by atoms with E-state index in [0.29, 0.717) is 35.2 Å². The summed E-state index contributed by atoms with van der Waals surface area (Å²) in [5.41, 5.74) is 7.78. The fourth-order valence-corrected chi connectivity index (χ4v) is 2.60. The minimum absolute atomic E-state index is 0.0612. The third-order valence-electron chi connectivity index (χ3n) is 4.47. The van der Waals surface area contributed by atoms with Gasteiger partial charge in [-0.3, -0.25) is 0 Å². The van der Waals surface area contributed by atoms with E-state index in [2.05, 4.69) is 4.98 Å². The first-order chi connectivity index (χ1) is 11.8. The quantitative estimate of drug-likeness (QED) is 0.525. The predicted octanol–water partition coefficient (Wildman–Crippen LogP) is 1.40. The zero-order chi connectivity index (χ0) is 18.6. The average Bonchev–Trinajstić information content (AvgIpc) is 2.52. The number of rotatable bonds is 6. The minimum atomic E-state index is -0.408. The highest BCUT2D eigenvalue weighted by molar-refractivity contribution is 5.68. The summed E-state index contributed by atoms with van der Waals surface area (Å²) in [6.07, 6.45) is 3.14. The smallest absolute Gasteiger partial charge is 0.409 e. The molecule has 8 heteroatoms. The van der Waals surface area contributed by atoms with Crippen molar-refractivity contribution in [2.24, 2.45) is 17.5 Å². The van der Waals surface area contributed by atoms with Crippen molar-refractivity contribution in [2.75, 3.05) is 27.2 Å². The number of carbonyl (C=O) groups is 1. The van der Waals surface area contributed by atoms with Crippen molar-refractivity contribution in [1.29, 1.82) is 0 Å². The summed E-state index contributed by atoms with van der Waals surface area (Å²) in [6, 6.07) is 3.10. The Hall–Kier alpha value is -2.48. The van der Waals surface area contributed by atoms with E-state index in [1.54, 1.807) is 32.0 Å². The van der Waals surface area contributed by atoms with Gasteiger partial charge in [-0.2, -0.15) is 0 Å². The number of pyridine rings is 1. The van der Waals surface area contributed by atoms with Gasteiger partial charge >= 0.3 is 6.09 Å². The number of hydrogen-bond acceptors (Lipinski definition) is 7. The maximum Gasteiger partial charge on any atom is 0.409 e. The highest BCUT2D eigenvalue weighted by Gasteiger charge is 2.22. The van der Waals surface area contributed by atoms with E-state index in [4.69, 9.17) is 16.3 Å². The number of amides is 1. The molecule has 0 bridgehead atoms. The molecule has 0 aromatic carbocycles. The number of ether oxygens (including phenoxy) is 1. The van der Waals surface area contributed by atoms with Crippen LogP contribution in [0.4, 0.5) is 4.79 Å². The largest absolute Gasteiger partial charge is 0.506 e. The van der Waals surface area contributed by atoms with Gasteiger partial charge in [-0.1, -0.05) is 6.42 Å². The molecule has 1 aliphatic carbocycles. The van der Waals surface area contributed by atoms with Crippen LogP contribution in [0.2, 0.25) is 0 Å². The van der Waals surface area contributed by atoms with Crippen LogP contribution in [0, 0.1) is 12.8 Å². The van der Waals surface area contributed by atoms with E-state index >= 15 is 0 Å². The maximum absolute atomic E-state index is 12.1. The number of likely N-dealkylation sites (N-methyl/N-ethyl adjacent to an activating group) is 1. The van der Waals surface area contributed by atoms with Crippen LogP contribution in [0.25, 0.3) is 5.70 Å². The second kappa shape index (κ2) is 8.06. The molecule has 1 aliphatic rings. The zero-order valence-corrected chi connectivity index (χ0v) is 15.0. The lowest BCUT2D eigenvalue weighted by Crippen LogP contribution is -2.37. The summed E-state index contributed by atoms with van der Waals surface area (Å²) < 4.78 is 5.34. The molecule has 1 aromatic heterocycles. The number of aromatic nitrogens is 1. The highest BCUT2D eigenvalue weighted by Crippen LogP contribution is 2.27. The molecule has 25 heavy (non-hydrogen) atoms. The van der Waals surface area contributed by atoms with Crippen LogP contribution in [-0.4, -0.2) is 53.3 Å². The molecule has 8 nitrogen and oxygen atoms in total. The Kier molecular flexibility index (Phi) is 6.08. The fourth-order valence-electron chi connectivity index (χ4n) is 2.60. The van der Waals surface area contributed by atoms with Gasteiger partial charge in [0.25, 0.3) is 0 Å². The van der Waals surface area contributed by atoms with Crippen LogP contribution in [0.1, 0.15) is 30.7 Å². The molecule has 1 saturated carbocycles. The van der Waals surface area contributed by atoms with Gasteiger partial charge in [0.2, 0.25) is 0 Å². The molecule has 1 aromatic rings. The lowest BCUT2D eigenvalue weighted by Gasteiger charge is -2.30. The number of nitrogens with two attached hydrogens (primary N) is 2. The first-order valence-corrected chi connectivity index (χ1v) is 8.31. The Labute approximate surface area is 148 Å². The molecular weight excluding hydrogens is 322 g/mol. The molecule has 5 N–H and O–H groups in total. The van der Waals surface area contributed by atoms with Gasteiger partial charge in [-0.05, 0) is 37.8 Å². The average molecular weight is 349 g/mol. The molecule has 1 fully saturated rings. The van der Waals surface area contributed by atoms with Crippen LogP contribution in [0.5, 0.6) is 5.75 Å². The normalized spacial score (nSPS) is 15.2. The van der Waals surface area contributed by atoms with Gasteiger partial charge in [0, 0.05) is 20.6 Å². The molecular formula is C17H27N5O3. The molecule has 0 unspecified atom stereocenters. The number of hydrogen-bond donors (Lipinski definition) is 3. The van der Waals surface area contributed by atoms with Crippen molar-refractivity contribution in [3.05, 3.63) is 29.2 Å². The van der Waals surface area contributed by atoms with Gasteiger partial charge in [-0.15, -0.1) is 0 Å². The molecule has 138 valence electrons. The van der Waals surface area contributed by atoms with Crippen molar-refractivity contribution in [1.82, 2.24) is 14.9 Å². The number of carbonyl (C=O) groups excluding carboxylic acids is 1. The summed E-state index contributed by atoms with van der Waals surface area (Å²) in [6.45, 7) is 2.31. The Morgan fingerprint density at radius 1 is 1.40 bits per heavy atom. The SMILES string of the molecule is Cc1nc(/C(N)=C(\COC(=O)N(C)CC2CCC2)N(C)N)ccc1O. The van der Waals surface area contributed by atoms with Gasteiger partial charge in [-0.25, -0.2) is 15.6 Å². The topological polar surface area (TPSA) is 118 Å². The second-order valence-electron chi connectivity index (χ2n) is 6.50. The van der Waals surface area contributed by atoms with E-state index in [-0.39, 0.29) is 12.4 Å². The van der Waals surface area contributed by atoms with Crippen LogP contribution in [0.15, 0.2) is 17.8 Å². The van der Waals surface area contributed by atoms with Crippen LogP contribution in [0.3, 0.4) is 0 Å². The summed E-state index contributed by atoms with van der Waals surface area (Å²) in [5.74, 6) is 6.48. The van der Waals surface area contributed by atoms with Crippen molar-refractivity contribution >= 4 is 11.8 Å². The van der Waals surface area contributed by atoms with E-state index in [0.717, 1.165) is 12.8 Å². The molecule has 1 heterocycles. The molecule has 0 spiro atoms. The molecule has 0 saturated heterocycles. The third-order valence-corrected chi connectivity index (χ3v) is 4.47. The Morgan fingerprint density at radius 2 is 2.08 bits per heavy atom. The second-order valence-corrected chi connectivity index (χ2v) is 6.50. The lowest BCUT2D eigenvalue weighted by atomic mass is 9.85. The minimum Gasteiger partial charge on any atom is -0.506 e. The Balaban J connectivity index is 2.05. The van der Waals surface area contributed by atoms with E-state index in [1.807, 2.05) is 0 Å². The summed E-state index contributed by atoms with van der Waals surface area (Å²) in [5, 5.41) is 10.9. The highest BCUT2D eigenvalue weighted by atomic mass is 16.6. The van der Waals surface area contributed by atoms with Crippen LogP contribution >= 0.6 is 0 Å². The fraction of sp³-hybridized carbons (Fsp3) is 0.529. The third kappa shape index (κ3) is 4.76. The van der Waals surface area contributed by atoms with Gasteiger partial charge in [0.1, 0.15) is 12.4 Å². The zero-order valence-electron chi connectivity index (χ0n) is 15.0. The molecule has 0 aliphatic heterocycles. The Morgan fingerprint density at radius 3 is 2.60 bits per heavy atom. The first-order valence-electron chi connectivity index (χ1n) is 8.31. The Bertz CT molecular complexity index is 656. The van der Waals surface area contributed by atoms with Crippen molar-refractivity contribution in [3.8, 4) is 5.75 Å². The summed E-state index contributed by atoms with van der Waals surface area (Å²) in [4.78, 5) is 17.9. The lowest BCUT2D eigenvalue weighted by molar-refractivity contribution is 0.101. The molecule has 0 atom stereocenters. The predicted molar refractivity (Wildman–Crippen MR) is 95.0 cm³/mol. The molecule has 2 rings (SSSR count). The van der Waals surface area contributed by atoms with Crippen molar-refractivity contribution < 1.29 is 14.6 Å². The van der Waals surface area contributed by atoms with Crippen LogP contribution in [-0.2, 0) is 4.74 Å². The number of nitrogens with zero attached hydrogens (tertiary/aromatic N) is 3. The monoisotopic (exact) mass is 349 g/mol. The van der Waals surface area contributed by atoms with Crippen molar-refractivity contribution in [2.45, 2.75) is 26.2 Å². The van der Waals surface area contributed by atoms with E-state index < -0.39 is 6.09 Å². The maximum atomic E-state index is 12.1. The van der Waals surface area contributed by atoms with Crippen LogP contribution < -0.4 is 11.6 Å². The van der Waals surface area contributed by atoms with Gasteiger partial charge in [0.05, 0.1) is 22.8 Å². The van der Waals surface area contributed by atoms with Gasteiger partial charge in [0.15, 0.2) is 0 Å². The summed E-state index contributed by atoms with van der Waals surface area (Å²) in [7, 11) is 3.34. The van der Waals surface area contributed by atoms with E-state index in [9.17, 15) is 9.90 Å². The van der Waals surface area contributed by atoms with E-state index in [1.165, 1.54) is 17.5 Å². The van der Waals surface area contributed by atoms with Crippen molar-refractivity contribution in [3.63, 3.8) is 0 Å². The standard InChI is InChI=1S/C17H27N5O3/c1-11-15(23)8-7-13(20-11)16(18)14(22(3)19)10-25-17(24)21(2)9-12-5-4-6-12/h7-8,12,23H,4-6,9-10,18-19H2,1-3H3/b16-14-. The summed E-state index contributed by atoms with van der Waals surface area (Å²) >= 11 is 0. The van der Waals surface area contributed by atoms with Gasteiger partial charge < -0.3 is 25.5 Å². The number of hydrazine groups is 1. The first kappa shape index (κ1) is 18.9. The molecule has 1 amide bonds. The number of aryl methyl sites for hydroxylation is 1. The molecule has 0 radical (unpaired) electrons. The number of aromatic hydroxyl groups is 1.